The van der Waals surface area contributed by atoms with Gasteiger partial charge in [-0.25, -0.2) is 8.42 Å². The molecule has 0 aromatic rings. The Labute approximate surface area is 273 Å². The lowest BCUT2D eigenvalue weighted by Gasteiger charge is -2.35. The highest BCUT2D eigenvalue weighted by molar-refractivity contribution is 7.84. The van der Waals surface area contributed by atoms with Gasteiger partial charge in [-0.3, -0.25) is 0 Å². The molecule has 0 spiro atoms. The Morgan fingerprint density at radius 1 is 0.372 bits per heavy atom. The van der Waals surface area contributed by atoms with Gasteiger partial charge in [0.05, 0.1) is 36.8 Å². The van der Waals surface area contributed by atoms with Crippen LogP contribution in [-0.4, -0.2) is 50.4 Å². The van der Waals surface area contributed by atoms with Crippen molar-refractivity contribution in [2.75, 3.05) is 32.9 Å². The summed E-state index contributed by atoms with van der Waals surface area (Å²) < 4.78 is 28.6. The highest BCUT2D eigenvalue weighted by Crippen LogP contribution is 2.18. The fourth-order valence-electron chi connectivity index (χ4n) is 6.28. The Morgan fingerprint density at radius 3 is 0.674 bits per heavy atom. The van der Waals surface area contributed by atoms with Crippen molar-refractivity contribution in [2.24, 2.45) is 0 Å². The summed E-state index contributed by atoms with van der Waals surface area (Å²) >= 11 is 0. The largest absolute Gasteiger partial charge is 0.748 e. The minimum atomic E-state index is -3.92. The lowest BCUT2D eigenvalue weighted by atomic mass is 10.0. The van der Waals surface area contributed by atoms with Crippen LogP contribution < -0.4 is 0 Å². The van der Waals surface area contributed by atoms with Gasteiger partial charge in [0, 0.05) is 6.26 Å². The second-order valence-electron chi connectivity index (χ2n) is 14.0. The van der Waals surface area contributed by atoms with Crippen LogP contribution in [0.4, 0.5) is 0 Å². The highest BCUT2D eigenvalue weighted by Gasteiger charge is 2.20. The van der Waals surface area contributed by atoms with E-state index in [1.54, 1.807) is 0 Å². The molecule has 0 saturated carbocycles. The first-order chi connectivity index (χ1) is 20.7. The van der Waals surface area contributed by atoms with Crippen molar-refractivity contribution in [1.29, 1.82) is 0 Å². The molecule has 0 fully saturated rings. The fraction of sp³-hybridized carbons (Fsp3) is 1.00. The number of hydrogen-bond donors (Lipinski definition) is 0. The summed E-state index contributed by atoms with van der Waals surface area (Å²) in [5.41, 5.74) is 0. The first-order valence-electron chi connectivity index (χ1n) is 19.4. The van der Waals surface area contributed by atoms with E-state index >= 15 is 0 Å². The molecule has 0 aliphatic heterocycles. The monoisotopic (exact) mass is 632 g/mol. The second kappa shape index (κ2) is 34.7. The Bertz CT molecular complexity index is 595. The molecule has 5 heteroatoms. The molecule has 43 heavy (non-hydrogen) atoms. The van der Waals surface area contributed by atoms with Gasteiger partial charge >= 0.3 is 0 Å². The third kappa shape index (κ3) is 44.1. The standard InChI is InChI=1S/C37H78N.CH4O3S/c1-5-8-11-14-17-20-21-22-23-24-25-28-31-34-37-38(4,35-32-29-26-18-15-12-9-6-2)36-33-30-27-19-16-13-10-7-3;1-5(2,3)4/h5-37H2,1-4H3;1H3,(H,2,3,4)/q+1;/p-1. The molecule has 0 aliphatic carbocycles. The molecule has 0 N–H and O–H groups in total. The first-order valence-corrected chi connectivity index (χ1v) is 21.2. The van der Waals surface area contributed by atoms with Crippen molar-refractivity contribution in [1.82, 2.24) is 0 Å². The Morgan fingerprint density at radius 2 is 0.512 bits per heavy atom. The lowest BCUT2D eigenvalue weighted by Crippen LogP contribution is -2.46. The van der Waals surface area contributed by atoms with E-state index in [4.69, 9.17) is 13.0 Å². The Kier molecular flexibility index (Phi) is 36.3. The molecule has 4 nitrogen and oxygen atoms in total. The van der Waals surface area contributed by atoms with Gasteiger partial charge in [0.2, 0.25) is 0 Å². The third-order valence-electron chi connectivity index (χ3n) is 9.15. The summed E-state index contributed by atoms with van der Waals surface area (Å²) in [5, 5.41) is 0. The van der Waals surface area contributed by atoms with Crippen LogP contribution in [0.5, 0.6) is 0 Å². The zero-order valence-electron chi connectivity index (χ0n) is 30.4. The van der Waals surface area contributed by atoms with Gasteiger partial charge in [0.15, 0.2) is 0 Å². The molecular weight excluding hydrogens is 550 g/mol. The quantitative estimate of drug-likeness (QED) is 0.0411. The average molecular weight is 632 g/mol. The smallest absolute Gasteiger partial charge is 0.0916 e. The van der Waals surface area contributed by atoms with Gasteiger partial charge in [0.1, 0.15) is 0 Å². The molecule has 0 amide bonds. The van der Waals surface area contributed by atoms with Crippen molar-refractivity contribution in [3.63, 3.8) is 0 Å². The minimum Gasteiger partial charge on any atom is -0.748 e. The molecule has 0 aliphatic rings. The van der Waals surface area contributed by atoms with Gasteiger partial charge in [-0.2, -0.15) is 0 Å². The maximum Gasteiger partial charge on any atom is 0.0916 e. The summed E-state index contributed by atoms with van der Waals surface area (Å²) in [6.45, 7) is 11.3. The van der Waals surface area contributed by atoms with E-state index in [0.717, 1.165) is 0 Å². The van der Waals surface area contributed by atoms with Crippen LogP contribution in [0.25, 0.3) is 0 Å². The maximum absolute atomic E-state index is 9.08. The molecule has 0 unspecified atom stereocenters. The number of nitrogens with zero attached hydrogens (tertiary/aromatic N) is 1. The van der Waals surface area contributed by atoms with Crippen LogP contribution in [0.3, 0.4) is 0 Å². The van der Waals surface area contributed by atoms with Crippen LogP contribution in [0.15, 0.2) is 0 Å². The highest BCUT2D eigenvalue weighted by atomic mass is 32.2. The minimum absolute atomic E-state index is 0.604. The molecule has 0 aromatic carbocycles. The summed E-state index contributed by atoms with van der Waals surface area (Å²) in [6.07, 6.45) is 44.4. The van der Waals surface area contributed by atoms with E-state index < -0.39 is 10.1 Å². The van der Waals surface area contributed by atoms with Gasteiger partial charge in [-0.05, 0) is 38.5 Å². The van der Waals surface area contributed by atoms with Gasteiger partial charge in [-0.1, -0.05) is 175 Å². The van der Waals surface area contributed by atoms with Crippen molar-refractivity contribution in [2.45, 2.75) is 213 Å². The number of rotatable bonds is 33. The van der Waals surface area contributed by atoms with E-state index in [2.05, 4.69) is 27.8 Å². The fourth-order valence-corrected chi connectivity index (χ4v) is 6.28. The first kappa shape index (κ1) is 45.0. The molecule has 0 saturated heterocycles. The predicted molar refractivity (Wildman–Crippen MR) is 192 cm³/mol. The third-order valence-corrected chi connectivity index (χ3v) is 9.15. The maximum atomic E-state index is 9.08. The van der Waals surface area contributed by atoms with E-state index in [0.29, 0.717) is 6.26 Å². The van der Waals surface area contributed by atoms with Crippen molar-refractivity contribution in [3.8, 4) is 0 Å². The van der Waals surface area contributed by atoms with Crippen molar-refractivity contribution < 1.29 is 17.5 Å². The summed E-state index contributed by atoms with van der Waals surface area (Å²) in [5.74, 6) is 0. The molecule has 0 aromatic heterocycles. The lowest BCUT2D eigenvalue weighted by molar-refractivity contribution is -0.910. The topological polar surface area (TPSA) is 57.2 Å². The average Bonchev–Trinajstić information content (AvgIpc) is 2.95. The van der Waals surface area contributed by atoms with Crippen LogP contribution >= 0.6 is 0 Å². The van der Waals surface area contributed by atoms with E-state index in [1.165, 1.54) is 217 Å². The van der Waals surface area contributed by atoms with Crippen molar-refractivity contribution >= 4 is 10.1 Å². The van der Waals surface area contributed by atoms with Crippen LogP contribution in [0.2, 0.25) is 0 Å². The summed E-state index contributed by atoms with van der Waals surface area (Å²) in [6, 6.07) is 0. The number of hydrogen-bond acceptors (Lipinski definition) is 3. The normalized spacial score (nSPS) is 12.0. The zero-order valence-corrected chi connectivity index (χ0v) is 31.2. The number of quaternary nitrogens is 1. The molecule has 0 bridgehead atoms. The van der Waals surface area contributed by atoms with Crippen LogP contribution in [-0.2, 0) is 10.1 Å². The zero-order chi connectivity index (χ0) is 32.3. The van der Waals surface area contributed by atoms with Crippen molar-refractivity contribution in [3.05, 3.63) is 0 Å². The number of unbranched alkanes of at least 4 members (excludes halogenated alkanes) is 27. The predicted octanol–water partition coefficient (Wildman–Crippen LogP) is 12.4. The molecule has 262 valence electrons. The second-order valence-corrected chi connectivity index (χ2v) is 15.4. The van der Waals surface area contributed by atoms with Crippen LogP contribution in [0.1, 0.15) is 213 Å². The SMILES string of the molecule is CCCCCCCCCCCCCCCC[N+](C)(CCCCCCCCCC)CCCCCCCCCC.CS(=O)(=O)[O-]. The van der Waals surface area contributed by atoms with E-state index in [-0.39, 0.29) is 0 Å². The molecule has 0 radical (unpaired) electrons. The van der Waals surface area contributed by atoms with Gasteiger partial charge in [-0.15, -0.1) is 0 Å². The summed E-state index contributed by atoms with van der Waals surface area (Å²) in [7, 11) is -1.31. The Balaban J connectivity index is 0. The molecule has 0 atom stereocenters. The van der Waals surface area contributed by atoms with Gasteiger partial charge in [0.25, 0.3) is 0 Å². The Hall–Kier alpha value is -0.130. The summed E-state index contributed by atoms with van der Waals surface area (Å²) in [4.78, 5) is 0. The molecule has 0 rings (SSSR count). The van der Waals surface area contributed by atoms with E-state index in [9.17, 15) is 0 Å². The molecular formula is C38H81NO3S. The van der Waals surface area contributed by atoms with E-state index in [1.807, 2.05) is 0 Å². The van der Waals surface area contributed by atoms with Crippen LogP contribution in [0, 0.1) is 0 Å². The molecule has 0 heterocycles. The van der Waals surface area contributed by atoms with Gasteiger partial charge < -0.3 is 9.04 Å².